The van der Waals surface area contributed by atoms with E-state index in [1.807, 2.05) is 37.3 Å². The Balaban J connectivity index is 2.84. The topological polar surface area (TPSA) is 44.5 Å². The first kappa shape index (κ1) is 11.7. The van der Waals surface area contributed by atoms with E-state index in [-0.39, 0.29) is 6.04 Å². The van der Waals surface area contributed by atoms with E-state index >= 15 is 0 Å². The van der Waals surface area contributed by atoms with Gasteiger partial charge in [-0.15, -0.1) is 0 Å². The Morgan fingerprint density at radius 3 is 2.24 bits per heavy atom. The summed E-state index contributed by atoms with van der Waals surface area (Å²) in [6, 6.07) is 9.85. The second kappa shape index (κ2) is 4.63. The molecule has 90 valence electrons. The summed E-state index contributed by atoms with van der Waals surface area (Å²) in [6.45, 7) is 1.94. The largest absolute Gasteiger partial charge is 0.496 e. The van der Waals surface area contributed by atoms with Crippen LogP contribution in [0.5, 0.6) is 11.5 Å². The normalized spacial score (nSPS) is 12.5. The number of fused-ring (bicyclic) bond motifs is 1. The molecule has 0 aliphatic heterocycles. The maximum atomic E-state index is 5.97. The van der Waals surface area contributed by atoms with Crippen LogP contribution in [0.1, 0.15) is 18.5 Å². The van der Waals surface area contributed by atoms with Crippen LogP contribution in [0.4, 0.5) is 0 Å². The van der Waals surface area contributed by atoms with Crippen molar-refractivity contribution >= 4 is 10.8 Å². The van der Waals surface area contributed by atoms with Gasteiger partial charge in [-0.25, -0.2) is 0 Å². The van der Waals surface area contributed by atoms with Crippen molar-refractivity contribution in [2.24, 2.45) is 5.73 Å². The van der Waals surface area contributed by atoms with E-state index < -0.39 is 0 Å². The minimum atomic E-state index is -0.0940. The van der Waals surface area contributed by atoms with Crippen LogP contribution in [0.15, 0.2) is 30.3 Å². The van der Waals surface area contributed by atoms with Crippen LogP contribution in [-0.2, 0) is 0 Å². The van der Waals surface area contributed by atoms with Gasteiger partial charge in [0.1, 0.15) is 11.5 Å². The van der Waals surface area contributed by atoms with Gasteiger partial charge in [-0.3, -0.25) is 0 Å². The summed E-state index contributed by atoms with van der Waals surface area (Å²) in [4.78, 5) is 0. The number of nitrogens with two attached hydrogens (primary N) is 1. The lowest BCUT2D eigenvalue weighted by molar-refractivity contribution is 0.403. The van der Waals surface area contributed by atoms with E-state index in [2.05, 4.69) is 0 Å². The highest BCUT2D eigenvalue weighted by Crippen LogP contribution is 2.38. The predicted octanol–water partition coefficient (Wildman–Crippen LogP) is 2.88. The van der Waals surface area contributed by atoms with Gasteiger partial charge in [-0.05, 0) is 13.0 Å². The van der Waals surface area contributed by atoms with Crippen LogP contribution in [0.2, 0.25) is 0 Å². The van der Waals surface area contributed by atoms with E-state index in [9.17, 15) is 0 Å². The molecule has 2 aromatic carbocycles. The molecule has 3 heteroatoms. The Bertz CT molecular complexity index is 535. The molecule has 0 fully saturated rings. The third-order valence-corrected chi connectivity index (χ3v) is 2.90. The van der Waals surface area contributed by atoms with Crippen molar-refractivity contribution in [1.82, 2.24) is 0 Å². The third kappa shape index (κ3) is 1.94. The van der Waals surface area contributed by atoms with Gasteiger partial charge in [0, 0.05) is 22.4 Å². The van der Waals surface area contributed by atoms with Gasteiger partial charge in [-0.1, -0.05) is 24.3 Å². The fourth-order valence-corrected chi connectivity index (χ4v) is 2.07. The lowest BCUT2D eigenvalue weighted by Gasteiger charge is -2.17. The van der Waals surface area contributed by atoms with Gasteiger partial charge in [0.15, 0.2) is 0 Å². The Hall–Kier alpha value is -1.74. The summed E-state index contributed by atoms with van der Waals surface area (Å²) in [7, 11) is 3.33. The number of methoxy groups -OCH3 is 2. The summed E-state index contributed by atoms with van der Waals surface area (Å²) in [5.41, 5.74) is 6.93. The van der Waals surface area contributed by atoms with E-state index in [0.717, 1.165) is 27.8 Å². The minimum Gasteiger partial charge on any atom is -0.496 e. The van der Waals surface area contributed by atoms with Gasteiger partial charge in [-0.2, -0.15) is 0 Å². The van der Waals surface area contributed by atoms with Crippen molar-refractivity contribution in [2.75, 3.05) is 14.2 Å². The molecule has 0 spiro atoms. The second-order valence-electron chi connectivity index (χ2n) is 4.04. The van der Waals surface area contributed by atoms with Gasteiger partial charge in [0.2, 0.25) is 0 Å². The average molecular weight is 231 g/mol. The number of hydrogen-bond donors (Lipinski definition) is 1. The van der Waals surface area contributed by atoms with Crippen LogP contribution in [0, 0.1) is 0 Å². The zero-order chi connectivity index (χ0) is 12.4. The first-order chi connectivity index (χ1) is 8.19. The molecule has 1 unspecified atom stereocenters. The average Bonchev–Trinajstić information content (AvgIpc) is 2.36. The lowest BCUT2D eigenvalue weighted by Crippen LogP contribution is -2.07. The summed E-state index contributed by atoms with van der Waals surface area (Å²) >= 11 is 0. The Kier molecular flexibility index (Phi) is 3.20. The maximum absolute atomic E-state index is 5.97. The Morgan fingerprint density at radius 1 is 1.06 bits per heavy atom. The third-order valence-electron chi connectivity index (χ3n) is 2.90. The fourth-order valence-electron chi connectivity index (χ4n) is 2.07. The molecule has 0 bridgehead atoms. The van der Waals surface area contributed by atoms with E-state index in [4.69, 9.17) is 15.2 Å². The maximum Gasteiger partial charge on any atom is 0.131 e. The fraction of sp³-hybridized carbons (Fsp3) is 0.286. The first-order valence-electron chi connectivity index (χ1n) is 5.58. The molecule has 0 saturated carbocycles. The standard InChI is InChI=1S/C14H17NO2/c1-9(15)12-8-13(16-2)10-6-4-5-7-11(10)14(12)17-3/h4-9H,15H2,1-3H3. The molecule has 0 amide bonds. The minimum absolute atomic E-state index is 0.0940. The van der Waals surface area contributed by atoms with Crippen molar-refractivity contribution in [2.45, 2.75) is 13.0 Å². The second-order valence-corrected chi connectivity index (χ2v) is 4.04. The molecule has 17 heavy (non-hydrogen) atoms. The van der Waals surface area contributed by atoms with Gasteiger partial charge in [0.25, 0.3) is 0 Å². The number of hydrogen-bond acceptors (Lipinski definition) is 3. The number of rotatable bonds is 3. The van der Waals surface area contributed by atoms with Crippen molar-refractivity contribution in [3.8, 4) is 11.5 Å². The van der Waals surface area contributed by atoms with Crippen LogP contribution in [-0.4, -0.2) is 14.2 Å². The summed E-state index contributed by atoms with van der Waals surface area (Å²) in [5, 5.41) is 2.07. The van der Waals surface area contributed by atoms with E-state index in [1.54, 1.807) is 14.2 Å². The monoisotopic (exact) mass is 231 g/mol. The molecule has 0 radical (unpaired) electrons. The van der Waals surface area contributed by atoms with Crippen LogP contribution >= 0.6 is 0 Å². The quantitative estimate of drug-likeness (QED) is 0.883. The summed E-state index contributed by atoms with van der Waals surface area (Å²) < 4.78 is 10.9. The molecule has 0 heterocycles. The van der Waals surface area contributed by atoms with Gasteiger partial charge >= 0.3 is 0 Å². The van der Waals surface area contributed by atoms with Gasteiger partial charge < -0.3 is 15.2 Å². The molecule has 0 aliphatic carbocycles. The summed E-state index contributed by atoms with van der Waals surface area (Å²) in [5.74, 6) is 1.66. The van der Waals surface area contributed by atoms with E-state index in [1.165, 1.54) is 0 Å². The Labute approximate surface area is 101 Å². The lowest BCUT2D eigenvalue weighted by atomic mass is 10.0. The molecule has 1 atom stereocenters. The van der Waals surface area contributed by atoms with Crippen LogP contribution in [0.25, 0.3) is 10.8 Å². The highest BCUT2D eigenvalue weighted by molar-refractivity contribution is 5.94. The van der Waals surface area contributed by atoms with Crippen molar-refractivity contribution in [1.29, 1.82) is 0 Å². The zero-order valence-electron chi connectivity index (χ0n) is 10.4. The molecule has 0 aliphatic rings. The predicted molar refractivity (Wildman–Crippen MR) is 69.7 cm³/mol. The van der Waals surface area contributed by atoms with E-state index in [0.29, 0.717) is 0 Å². The molecule has 2 N–H and O–H groups in total. The molecule has 3 nitrogen and oxygen atoms in total. The molecular formula is C14H17NO2. The smallest absolute Gasteiger partial charge is 0.131 e. The molecule has 0 saturated heterocycles. The van der Waals surface area contributed by atoms with Crippen LogP contribution < -0.4 is 15.2 Å². The zero-order valence-corrected chi connectivity index (χ0v) is 10.4. The summed E-state index contributed by atoms with van der Waals surface area (Å²) in [6.07, 6.45) is 0. The molecular weight excluding hydrogens is 214 g/mol. The molecule has 0 aromatic heterocycles. The molecule has 2 rings (SSSR count). The van der Waals surface area contributed by atoms with Crippen molar-refractivity contribution < 1.29 is 9.47 Å². The highest BCUT2D eigenvalue weighted by Gasteiger charge is 2.15. The first-order valence-corrected chi connectivity index (χ1v) is 5.58. The Morgan fingerprint density at radius 2 is 1.71 bits per heavy atom. The highest BCUT2D eigenvalue weighted by atomic mass is 16.5. The van der Waals surface area contributed by atoms with Crippen molar-refractivity contribution in [3.05, 3.63) is 35.9 Å². The van der Waals surface area contributed by atoms with Crippen LogP contribution in [0.3, 0.4) is 0 Å². The SMILES string of the molecule is COc1cc(C(C)N)c(OC)c2ccccc12. The molecule has 2 aromatic rings. The van der Waals surface area contributed by atoms with Crippen molar-refractivity contribution in [3.63, 3.8) is 0 Å². The van der Waals surface area contributed by atoms with Gasteiger partial charge in [0.05, 0.1) is 14.2 Å². The number of benzene rings is 2. The number of ether oxygens (including phenoxy) is 2.